The van der Waals surface area contributed by atoms with Gasteiger partial charge in [0.05, 0.1) is 23.3 Å². The molecule has 0 radical (unpaired) electrons. The second-order valence-electron chi connectivity index (χ2n) is 4.25. The minimum absolute atomic E-state index is 0.186. The van der Waals surface area contributed by atoms with Crippen LogP contribution in [-0.2, 0) is 10.0 Å². The second kappa shape index (κ2) is 6.02. The first kappa shape index (κ1) is 15.8. The van der Waals surface area contributed by atoms with Gasteiger partial charge in [-0.25, -0.2) is 17.6 Å². The van der Waals surface area contributed by atoms with Gasteiger partial charge in [-0.3, -0.25) is 4.72 Å². The SMILES string of the molecule is COc1ccccc1NS(=O)(=O)c1ccc(F)c(C(=O)O)c1. The number of para-hydroxylation sites is 2. The third kappa shape index (κ3) is 3.17. The van der Waals surface area contributed by atoms with Crippen LogP contribution >= 0.6 is 0 Å². The standard InChI is InChI=1S/C14H12FNO5S/c1-21-13-5-3-2-4-12(13)16-22(19,20)9-6-7-11(15)10(8-9)14(17)18/h2-8,16H,1H3,(H,17,18). The summed E-state index contributed by atoms with van der Waals surface area (Å²) < 4.78 is 45.2. The second-order valence-corrected chi connectivity index (χ2v) is 5.93. The zero-order chi connectivity index (χ0) is 16.3. The van der Waals surface area contributed by atoms with Crippen molar-refractivity contribution in [1.29, 1.82) is 0 Å². The number of anilines is 1. The highest BCUT2D eigenvalue weighted by molar-refractivity contribution is 7.92. The van der Waals surface area contributed by atoms with Gasteiger partial charge in [0.25, 0.3) is 10.0 Å². The van der Waals surface area contributed by atoms with E-state index in [4.69, 9.17) is 9.84 Å². The zero-order valence-corrected chi connectivity index (χ0v) is 12.2. The van der Waals surface area contributed by atoms with Crippen molar-refractivity contribution in [3.63, 3.8) is 0 Å². The van der Waals surface area contributed by atoms with Crippen molar-refractivity contribution in [1.82, 2.24) is 0 Å². The van der Waals surface area contributed by atoms with Crippen LogP contribution in [0.3, 0.4) is 0 Å². The Morgan fingerprint density at radius 2 is 1.91 bits per heavy atom. The predicted octanol–water partition coefficient (Wildman–Crippen LogP) is 2.33. The Morgan fingerprint density at radius 3 is 2.55 bits per heavy atom. The highest BCUT2D eigenvalue weighted by atomic mass is 32.2. The fourth-order valence-corrected chi connectivity index (χ4v) is 2.86. The van der Waals surface area contributed by atoms with Gasteiger partial charge in [-0.15, -0.1) is 0 Å². The van der Waals surface area contributed by atoms with Crippen LogP contribution in [-0.4, -0.2) is 26.6 Å². The molecule has 0 aliphatic heterocycles. The van der Waals surface area contributed by atoms with Crippen molar-refractivity contribution < 1.29 is 27.4 Å². The van der Waals surface area contributed by atoms with E-state index in [1.165, 1.54) is 13.2 Å². The summed E-state index contributed by atoms with van der Waals surface area (Å²) in [5, 5.41) is 8.85. The van der Waals surface area contributed by atoms with Crippen molar-refractivity contribution in [2.75, 3.05) is 11.8 Å². The number of halogens is 1. The third-order valence-electron chi connectivity index (χ3n) is 2.83. The molecule has 22 heavy (non-hydrogen) atoms. The molecule has 116 valence electrons. The Morgan fingerprint density at radius 1 is 1.23 bits per heavy atom. The number of carboxylic acids is 1. The molecule has 0 saturated carbocycles. The molecule has 6 nitrogen and oxygen atoms in total. The Labute approximate surface area is 126 Å². The summed E-state index contributed by atoms with van der Waals surface area (Å²) in [4.78, 5) is 10.5. The Bertz CT molecular complexity index is 820. The monoisotopic (exact) mass is 325 g/mol. The molecule has 0 spiro atoms. The lowest BCUT2D eigenvalue weighted by Gasteiger charge is -2.12. The molecule has 2 rings (SSSR count). The molecule has 0 amide bonds. The first-order valence-corrected chi connectivity index (χ1v) is 7.52. The number of hydrogen-bond acceptors (Lipinski definition) is 4. The summed E-state index contributed by atoms with van der Waals surface area (Å²) in [7, 11) is -2.70. The lowest BCUT2D eigenvalue weighted by molar-refractivity contribution is 0.0691. The zero-order valence-electron chi connectivity index (χ0n) is 11.4. The van der Waals surface area contributed by atoms with Gasteiger partial charge >= 0.3 is 5.97 Å². The number of hydrogen-bond donors (Lipinski definition) is 2. The van der Waals surface area contributed by atoms with Crippen molar-refractivity contribution in [3.8, 4) is 5.75 Å². The van der Waals surface area contributed by atoms with E-state index in [-0.39, 0.29) is 10.6 Å². The van der Waals surface area contributed by atoms with Gasteiger partial charge in [-0.05, 0) is 30.3 Å². The first-order chi connectivity index (χ1) is 10.3. The number of carboxylic acid groups (broad SMARTS) is 1. The van der Waals surface area contributed by atoms with E-state index in [0.717, 1.165) is 18.2 Å². The molecular weight excluding hydrogens is 313 g/mol. The van der Waals surface area contributed by atoms with Gasteiger partial charge in [0.2, 0.25) is 0 Å². The molecule has 2 N–H and O–H groups in total. The lowest BCUT2D eigenvalue weighted by Crippen LogP contribution is -2.15. The van der Waals surface area contributed by atoms with Crippen molar-refractivity contribution in [3.05, 3.63) is 53.8 Å². The average Bonchev–Trinajstić information content (AvgIpc) is 2.47. The normalized spacial score (nSPS) is 11.0. The third-order valence-corrected chi connectivity index (χ3v) is 4.19. The highest BCUT2D eigenvalue weighted by Crippen LogP contribution is 2.26. The number of aromatic carboxylic acids is 1. The van der Waals surface area contributed by atoms with Crippen molar-refractivity contribution in [2.45, 2.75) is 4.90 Å². The molecule has 0 aromatic heterocycles. The smallest absolute Gasteiger partial charge is 0.338 e. The van der Waals surface area contributed by atoms with Gasteiger partial charge in [-0.2, -0.15) is 0 Å². The molecule has 8 heteroatoms. The van der Waals surface area contributed by atoms with E-state index in [2.05, 4.69) is 4.72 Å². The van der Waals surface area contributed by atoms with Crippen LogP contribution in [0.1, 0.15) is 10.4 Å². The summed E-state index contributed by atoms with van der Waals surface area (Å²) in [6.07, 6.45) is 0. The number of benzene rings is 2. The Hall–Kier alpha value is -2.61. The molecule has 0 bridgehead atoms. The van der Waals surface area contributed by atoms with Gasteiger partial charge in [-0.1, -0.05) is 12.1 Å². The molecule has 0 atom stereocenters. The average molecular weight is 325 g/mol. The van der Waals surface area contributed by atoms with E-state index >= 15 is 0 Å². The van der Waals surface area contributed by atoms with E-state index in [1.54, 1.807) is 18.2 Å². The summed E-state index contributed by atoms with van der Waals surface area (Å²) in [6, 6.07) is 8.85. The molecule has 0 unspecified atom stereocenters. The highest BCUT2D eigenvalue weighted by Gasteiger charge is 2.20. The van der Waals surface area contributed by atoms with Crippen LogP contribution in [0.5, 0.6) is 5.75 Å². The fourth-order valence-electron chi connectivity index (χ4n) is 1.77. The van der Waals surface area contributed by atoms with Gasteiger partial charge in [0, 0.05) is 0 Å². The Balaban J connectivity index is 2.43. The fraction of sp³-hybridized carbons (Fsp3) is 0.0714. The van der Waals surface area contributed by atoms with E-state index in [9.17, 15) is 17.6 Å². The molecule has 0 heterocycles. The number of methoxy groups -OCH3 is 1. The molecule has 2 aromatic rings. The number of nitrogens with one attached hydrogen (secondary N) is 1. The number of sulfonamides is 1. The van der Waals surface area contributed by atoms with E-state index in [0.29, 0.717) is 5.75 Å². The minimum Gasteiger partial charge on any atom is -0.495 e. The maximum Gasteiger partial charge on any atom is 0.338 e. The maximum absolute atomic E-state index is 13.3. The molecule has 0 aliphatic rings. The van der Waals surface area contributed by atoms with Crippen molar-refractivity contribution >= 4 is 21.7 Å². The van der Waals surface area contributed by atoms with E-state index in [1.807, 2.05) is 0 Å². The summed E-state index contributed by atoms with van der Waals surface area (Å²) in [5.41, 5.74) is -0.533. The molecule has 0 saturated heterocycles. The summed E-state index contributed by atoms with van der Waals surface area (Å²) in [5.74, 6) is -2.26. The van der Waals surface area contributed by atoms with Crippen LogP contribution in [0.25, 0.3) is 0 Å². The predicted molar refractivity (Wildman–Crippen MR) is 77.2 cm³/mol. The maximum atomic E-state index is 13.3. The lowest BCUT2D eigenvalue weighted by atomic mass is 10.2. The first-order valence-electron chi connectivity index (χ1n) is 6.04. The molecule has 0 fully saturated rings. The molecule has 2 aromatic carbocycles. The van der Waals surface area contributed by atoms with E-state index < -0.39 is 27.4 Å². The van der Waals surface area contributed by atoms with Gasteiger partial charge < -0.3 is 9.84 Å². The number of ether oxygens (including phenoxy) is 1. The van der Waals surface area contributed by atoms with Gasteiger partial charge in [0.15, 0.2) is 0 Å². The summed E-state index contributed by atoms with van der Waals surface area (Å²) in [6.45, 7) is 0. The van der Waals surface area contributed by atoms with Crippen LogP contribution in [0.2, 0.25) is 0 Å². The quantitative estimate of drug-likeness (QED) is 0.880. The number of carbonyl (C=O) groups is 1. The van der Waals surface area contributed by atoms with Crippen LogP contribution in [0.15, 0.2) is 47.4 Å². The molecular formula is C14H12FNO5S. The largest absolute Gasteiger partial charge is 0.495 e. The summed E-state index contributed by atoms with van der Waals surface area (Å²) >= 11 is 0. The Kier molecular flexibility index (Phi) is 4.32. The minimum atomic E-state index is -4.08. The van der Waals surface area contributed by atoms with Crippen LogP contribution < -0.4 is 9.46 Å². The van der Waals surface area contributed by atoms with Crippen molar-refractivity contribution in [2.24, 2.45) is 0 Å². The number of rotatable bonds is 5. The molecule has 0 aliphatic carbocycles. The topological polar surface area (TPSA) is 92.7 Å². The van der Waals surface area contributed by atoms with Gasteiger partial charge in [0.1, 0.15) is 11.6 Å². The van der Waals surface area contributed by atoms with Crippen LogP contribution in [0, 0.1) is 5.82 Å². The van der Waals surface area contributed by atoms with Crippen LogP contribution in [0.4, 0.5) is 10.1 Å².